The molecule has 0 radical (unpaired) electrons. The average molecular weight is 299 g/mol. The Hall–Kier alpha value is -2.25. The number of aromatic nitrogens is 3. The van der Waals surface area contributed by atoms with Gasteiger partial charge in [-0.2, -0.15) is 5.10 Å². The summed E-state index contributed by atoms with van der Waals surface area (Å²) >= 11 is 0. The lowest BCUT2D eigenvalue weighted by Crippen LogP contribution is -2.69. The molecule has 7 nitrogen and oxygen atoms in total. The van der Waals surface area contributed by atoms with E-state index in [4.69, 9.17) is 4.74 Å². The van der Waals surface area contributed by atoms with Crippen LogP contribution in [0.2, 0.25) is 0 Å². The normalized spacial score (nSPS) is 19.9. The number of benzene rings is 1. The number of hydrogen-bond donors (Lipinski definition) is 1. The van der Waals surface area contributed by atoms with Gasteiger partial charge in [0.05, 0.1) is 18.8 Å². The molecule has 2 saturated heterocycles. The van der Waals surface area contributed by atoms with Crippen LogP contribution in [0.3, 0.4) is 0 Å². The number of rotatable bonds is 2. The van der Waals surface area contributed by atoms with E-state index in [1.165, 1.54) is 6.33 Å². The number of nitrogens with zero attached hydrogens (tertiary/aromatic N) is 4. The SMILES string of the molecule is O=C(c1ccc(-n2cncn2)cc1)N1CCOC2(CNC2)C1. The second-order valence-electron chi connectivity index (χ2n) is 5.75. The predicted molar refractivity (Wildman–Crippen MR) is 78.8 cm³/mol. The Kier molecular flexibility index (Phi) is 3.16. The lowest BCUT2D eigenvalue weighted by molar-refractivity contribution is -0.126. The van der Waals surface area contributed by atoms with Crippen molar-refractivity contribution in [2.75, 3.05) is 32.8 Å². The van der Waals surface area contributed by atoms with E-state index in [0.29, 0.717) is 25.3 Å². The summed E-state index contributed by atoms with van der Waals surface area (Å²) in [6, 6.07) is 7.42. The molecule has 0 aliphatic carbocycles. The summed E-state index contributed by atoms with van der Waals surface area (Å²) in [5, 5.41) is 7.29. The molecule has 3 heterocycles. The molecule has 0 atom stereocenters. The van der Waals surface area contributed by atoms with Gasteiger partial charge in [-0.05, 0) is 24.3 Å². The van der Waals surface area contributed by atoms with Gasteiger partial charge in [0.2, 0.25) is 0 Å². The summed E-state index contributed by atoms with van der Waals surface area (Å²) in [6.45, 7) is 3.55. The molecule has 0 bridgehead atoms. The van der Waals surface area contributed by atoms with E-state index < -0.39 is 0 Å². The Morgan fingerprint density at radius 3 is 2.73 bits per heavy atom. The highest BCUT2D eigenvalue weighted by Crippen LogP contribution is 2.23. The number of carbonyl (C=O) groups excluding carboxylic acids is 1. The monoisotopic (exact) mass is 299 g/mol. The lowest BCUT2D eigenvalue weighted by atomic mass is 9.94. The van der Waals surface area contributed by atoms with Gasteiger partial charge in [-0.3, -0.25) is 4.79 Å². The van der Waals surface area contributed by atoms with Crippen LogP contribution >= 0.6 is 0 Å². The third-order valence-corrected chi connectivity index (χ3v) is 4.23. The zero-order chi connectivity index (χ0) is 15.0. The van der Waals surface area contributed by atoms with Crippen LogP contribution in [-0.2, 0) is 4.74 Å². The smallest absolute Gasteiger partial charge is 0.254 e. The molecule has 2 aromatic rings. The molecule has 1 spiro atoms. The number of ether oxygens (including phenoxy) is 1. The Balaban J connectivity index is 1.50. The van der Waals surface area contributed by atoms with Crippen molar-refractivity contribution in [3.05, 3.63) is 42.5 Å². The van der Waals surface area contributed by atoms with Gasteiger partial charge < -0.3 is 15.0 Å². The second-order valence-corrected chi connectivity index (χ2v) is 5.75. The average Bonchev–Trinajstić information content (AvgIpc) is 3.07. The molecule has 1 aromatic carbocycles. The van der Waals surface area contributed by atoms with Crippen molar-refractivity contribution in [1.82, 2.24) is 25.0 Å². The van der Waals surface area contributed by atoms with E-state index in [9.17, 15) is 4.79 Å². The maximum atomic E-state index is 12.6. The zero-order valence-corrected chi connectivity index (χ0v) is 12.1. The maximum Gasteiger partial charge on any atom is 0.254 e. The van der Waals surface area contributed by atoms with Gasteiger partial charge in [0.1, 0.15) is 18.3 Å². The molecule has 0 unspecified atom stereocenters. The Labute approximate surface area is 127 Å². The van der Waals surface area contributed by atoms with Crippen molar-refractivity contribution in [2.24, 2.45) is 0 Å². The summed E-state index contributed by atoms with van der Waals surface area (Å²) in [5.41, 5.74) is 1.40. The fourth-order valence-corrected chi connectivity index (χ4v) is 2.92. The Morgan fingerprint density at radius 1 is 1.27 bits per heavy atom. The van der Waals surface area contributed by atoms with E-state index >= 15 is 0 Å². The molecule has 7 heteroatoms. The highest BCUT2D eigenvalue weighted by Gasteiger charge is 2.43. The molecule has 1 amide bonds. The van der Waals surface area contributed by atoms with E-state index in [1.807, 2.05) is 29.2 Å². The van der Waals surface area contributed by atoms with Crippen molar-refractivity contribution in [3.8, 4) is 5.69 Å². The molecular formula is C15H17N5O2. The standard InChI is InChI=1S/C15H17N5O2/c21-14(19-5-6-22-15(9-19)7-16-8-15)12-1-3-13(4-2-12)20-11-17-10-18-20/h1-4,10-11,16H,5-9H2. The minimum atomic E-state index is -0.172. The summed E-state index contributed by atoms with van der Waals surface area (Å²) in [5.74, 6) is 0.0553. The van der Waals surface area contributed by atoms with E-state index in [-0.39, 0.29) is 11.5 Å². The molecule has 114 valence electrons. The minimum absolute atomic E-state index is 0.0553. The molecular weight excluding hydrogens is 282 g/mol. The Morgan fingerprint density at radius 2 is 2.09 bits per heavy atom. The second kappa shape index (κ2) is 5.19. The largest absolute Gasteiger partial charge is 0.369 e. The van der Waals surface area contributed by atoms with Gasteiger partial charge in [0.15, 0.2) is 0 Å². The Bertz CT molecular complexity index is 664. The van der Waals surface area contributed by atoms with Gasteiger partial charge in [0.25, 0.3) is 5.91 Å². The van der Waals surface area contributed by atoms with Crippen molar-refractivity contribution in [2.45, 2.75) is 5.60 Å². The van der Waals surface area contributed by atoms with Crippen molar-refractivity contribution < 1.29 is 9.53 Å². The summed E-state index contributed by atoms with van der Waals surface area (Å²) in [7, 11) is 0. The van der Waals surface area contributed by atoms with E-state index in [0.717, 1.165) is 18.8 Å². The fourth-order valence-electron chi connectivity index (χ4n) is 2.92. The van der Waals surface area contributed by atoms with E-state index in [2.05, 4.69) is 15.4 Å². The molecule has 0 saturated carbocycles. The van der Waals surface area contributed by atoms with Crippen LogP contribution in [0.1, 0.15) is 10.4 Å². The molecule has 1 N–H and O–H groups in total. The van der Waals surface area contributed by atoms with Crippen molar-refractivity contribution >= 4 is 5.91 Å². The highest BCUT2D eigenvalue weighted by atomic mass is 16.5. The molecule has 2 aliphatic heterocycles. The third-order valence-electron chi connectivity index (χ3n) is 4.23. The van der Waals surface area contributed by atoms with Gasteiger partial charge in [-0.25, -0.2) is 9.67 Å². The summed E-state index contributed by atoms with van der Waals surface area (Å²) < 4.78 is 7.48. The molecule has 4 rings (SSSR count). The first-order chi connectivity index (χ1) is 10.8. The fraction of sp³-hybridized carbons (Fsp3) is 0.400. The first kappa shape index (κ1) is 13.4. The van der Waals surface area contributed by atoms with Crippen LogP contribution in [0, 0.1) is 0 Å². The van der Waals surface area contributed by atoms with Gasteiger partial charge in [0, 0.05) is 25.2 Å². The number of morpholine rings is 1. The van der Waals surface area contributed by atoms with Crippen LogP contribution < -0.4 is 5.32 Å². The summed E-state index contributed by atoms with van der Waals surface area (Å²) in [6.07, 6.45) is 3.12. The number of carbonyl (C=O) groups is 1. The maximum absolute atomic E-state index is 12.6. The van der Waals surface area contributed by atoms with Gasteiger partial charge in [-0.1, -0.05) is 0 Å². The number of amides is 1. The highest BCUT2D eigenvalue weighted by molar-refractivity contribution is 5.94. The molecule has 2 aliphatic rings. The number of hydrogen-bond acceptors (Lipinski definition) is 5. The van der Waals surface area contributed by atoms with Crippen LogP contribution in [0.4, 0.5) is 0 Å². The first-order valence-electron chi connectivity index (χ1n) is 7.35. The van der Waals surface area contributed by atoms with Crippen LogP contribution in [0.5, 0.6) is 0 Å². The number of nitrogens with one attached hydrogen (secondary N) is 1. The molecule has 1 aromatic heterocycles. The topological polar surface area (TPSA) is 72.3 Å². The van der Waals surface area contributed by atoms with Crippen LogP contribution in [0.25, 0.3) is 5.69 Å². The lowest BCUT2D eigenvalue weighted by Gasteiger charge is -2.48. The third kappa shape index (κ3) is 2.28. The predicted octanol–water partition coefficient (Wildman–Crippen LogP) is 0.0817. The van der Waals surface area contributed by atoms with Crippen LogP contribution in [-0.4, -0.2) is 64.0 Å². The minimum Gasteiger partial charge on any atom is -0.369 e. The molecule has 22 heavy (non-hydrogen) atoms. The van der Waals surface area contributed by atoms with Gasteiger partial charge >= 0.3 is 0 Å². The van der Waals surface area contributed by atoms with Gasteiger partial charge in [-0.15, -0.1) is 0 Å². The van der Waals surface area contributed by atoms with Crippen LogP contribution in [0.15, 0.2) is 36.9 Å². The van der Waals surface area contributed by atoms with Crippen molar-refractivity contribution in [1.29, 1.82) is 0 Å². The van der Waals surface area contributed by atoms with Crippen molar-refractivity contribution in [3.63, 3.8) is 0 Å². The molecule has 2 fully saturated rings. The quantitative estimate of drug-likeness (QED) is 0.850. The van der Waals surface area contributed by atoms with E-state index in [1.54, 1.807) is 11.0 Å². The first-order valence-corrected chi connectivity index (χ1v) is 7.35. The zero-order valence-electron chi connectivity index (χ0n) is 12.1. The summed E-state index contributed by atoms with van der Waals surface area (Å²) in [4.78, 5) is 18.4.